The minimum Gasteiger partial charge on any atom is -0.380 e. The van der Waals surface area contributed by atoms with Gasteiger partial charge >= 0.3 is 0 Å². The van der Waals surface area contributed by atoms with Crippen LogP contribution in [0.3, 0.4) is 0 Å². The third kappa shape index (κ3) is 3.99. The number of nitrogens with zero attached hydrogens (tertiary/aromatic N) is 1. The number of nitrogens with one attached hydrogen (secondary N) is 1. The molecule has 0 atom stereocenters. The Labute approximate surface area is 136 Å². The lowest BCUT2D eigenvalue weighted by molar-refractivity contribution is 0.625. The second-order valence-corrected chi connectivity index (χ2v) is 6.47. The first-order valence-electron chi connectivity index (χ1n) is 6.49. The molecule has 2 aromatic carbocycles. The van der Waals surface area contributed by atoms with Crippen molar-refractivity contribution in [2.24, 2.45) is 0 Å². The summed E-state index contributed by atoms with van der Waals surface area (Å²) in [5.41, 5.74) is 2.22. The van der Waals surface area contributed by atoms with Crippen molar-refractivity contribution >= 4 is 33.4 Å². The molecular formula is C16H14BrFN2S. The van der Waals surface area contributed by atoms with Gasteiger partial charge in [-0.3, -0.25) is 0 Å². The molecule has 0 saturated heterocycles. The average Bonchev–Trinajstić information content (AvgIpc) is 2.48. The molecule has 0 fully saturated rings. The fraction of sp³-hybridized carbons (Fsp3) is 0.188. The second kappa shape index (κ2) is 7.48. The van der Waals surface area contributed by atoms with Gasteiger partial charge in [-0.25, -0.2) is 4.39 Å². The topological polar surface area (TPSA) is 35.8 Å². The van der Waals surface area contributed by atoms with Gasteiger partial charge in [0.15, 0.2) is 0 Å². The summed E-state index contributed by atoms with van der Waals surface area (Å²) in [5, 5.41) is 12.6. The number of thioether (sulfide) groups is 1. The summed E-state index contributed by atoms with van der Waals surface area (Å²) < 4.78 is 14.1. The number of halogens is 2. The van der Waals surface area contributed by atoms with Gasteiger partial charge in [-0.05, 0) is 41.6 Å². The van der Waals surface area contributed by atoms with E-state index in [0.717, 1.165) is 26.4 Å². The van der Waals surface area contributed by atoms with E-state index in [2.05, 4.69) is 34.2 Å². The van der Waals surface area contributed by atoms with Gasteiger partial charge in [-0.1, -0.05) is 28.9 Å². The van der Waals surface area contributed by atoms with Crippen molar-refractivity contribution in [3.63, 3.8) is 0 Å². The third-order valence-electron chi connectivity index (χ3n) is 2.91. The molecule has 2 aromatic rings. The van der Waals surface area contributed by atoms with Crippen LogP contribution in [0.5, 0.6) is 0 Å². The minimum atomic E-state index is -0.272. The van der Waals surface area contributed by atoms with Crippen LogP contribution in [0.1, 0.15) is 18.1 Å². The monoisotopic (exact) mass is 364 g/mol. The van der Waals surface area contributed by atoms with Crippen LogP contribution >= 0.6 is 27.7 Å². The molecule has 0 aliphatic carbocycles. The zero-order chi connectivity index (χ0) is 15.2. The second-order valence-electron chi connectivity index (χ2n) is 4.31. The highest BCUT2D eigenvalue weighted by molar-refractivity contribution is 9.10. The van der Waals surface area contributed by atoms with Gasteiger partial charge in [0.25, 0.3) is 0 Å². The fourth-order valence-corrected chi connectivity index (χ4v) is 3.11. The maximum atomic E-state index is 13.3. The van der Waals surface area contributed by atoms with E-state index in [4.69, 9.17) is 0 Å². The highest BCUT2D eigenvalue weighted by atomic mass is 79.9. The molecule has 0 radical (unpaired) electrons. The van der Waals surface area contributed by atoms with Crippen LogP contribution in [0, 0.1) is 17.1 Å². The van der Waals surface area contributed by atoms with E-state index in [-0.39, 0.29) is 5.82 Å². The lowest BCUT2D eigenvalue weighted by Crippen LogP contribution is -2.03. The molecule has 2 nitrogen and oxygen atoms in total. The Morgan fingerprint density at radius 3 is 2.86 bits per heavy atom. The van der Waals surface area contributed by atoms with E-state index < -0.39 is 0 Å². The van der Waals surface area contributed by atoms with E-state index >= 15 is 0 Å². The quantitative estimate of drug-likeness (QED) is 0.742. The summed E-state index contributed by atoms with van der Waals surface area (Å²) >= 11 is 5.04. The summed E-state index contributed by atoms with van der Waals surface area (Å²) in [6.07, 6.45) is 0. The van der Waals surface area contributed by atoms with Crippen LogP contribution in [0.4, 0.5) is 10.1 Å². The zero-order valence-corrected chi connectivity index (χ0v) is 13.9. The van der Waals surface area contributed by atoms with Crippen LogP contribution in [0.25, 0.3) is 0 Å². The molecule has 0 aliphatic heterocycles. The molecule has 1 N–H and O–H groups in total. The first-order chi connectivity index (χ1) is 10.2. The number of anilines is 1. The average molecular weight is 365 g/mol. The van der Waals surface area contributed by atoms with Crippen LogP contribution in [0.2, 0.25) is 0 Å². The maximum Gasteiger partial charge on any atom is 0.123 e. The Morgan fingerprint density at radius 2 is 2.14 bits per heavy atom. The highest BCUT2D eigenvalue weighted by Gasteiger charge is 2.09. The normalized spacial score (nSPS) is 10.2. The third-order valence-corrected chi connectivity index (χ3v) is 4.63. The predicted octanol–water partition coefficient (Wildman–Crippen LogP) is 5.18. The Bertz CT molecular complexity index is 682. The van der Waals surface area contributed by atoms with Crippen molar-refractivity contribution < 1.29 is 4.39 Å². The van der Waals surface area contributed by atoms with Gasteiger partial charge < -0.3 is 5.32 Å². The molecule has 0 aliphatic rings. The van der Waals surface area contributed by atoms with Crippen molar-refractivity contribution in [1.82, 2.24) is 0 Å². The van der Waals surface area contributed by atoms with Gasteiger partial charge in [-0.2, -0.15) is 5.26 Å². The zero-order valence-electron chi connectivity index (χ0n) is 11.5. The molecule has 0 amide bonds. The predicted molar refractivity (Wildman–Crippen MR) is 89.0 cm³/mol. The van der Waals surface area contributed by atoms with E-state index in [1.165, 1.54) is 12.1 Å². The number of hydrogen-bond acceptors (Lipinski definition) is 3. The fourth-order valence-electron chi connectivity index (χ4n) is 1.94. The summed E-state index contributed by atoms with van der Waals surface area (Å²) in [6, 6.07) is 12.5. The molecule has 2 rings (SSSR count). The minimum absolute atomic E-state index is 0.272. The molecule has 0 heterocycles. The summed E-state index contributed by atoms with van der Waals surface area (Å²) in [4.78, 5) is 0.961. The molecular weight excluding hydrogens is 351 g/mol. The standard InChI is InChI=1S/C16H14BrFN2S/c1-2-21-16-5-3-4-15(13(16)9-19)20-10-11-8-12(18)6-7-14(11)17/h3-8,20H,2,10H2,1H3. The van der Waals surface area contributed by atoms with Gasteiger partial charge in [0, 0.05) is 15.9 Å². The number of benzene rings is 2. The van der Waals surface area contributed by atoms with Gasteiger partial charge in [0.1, 0.15) is 11.9 Å². The molecule has 0 bridgehead atoms. The van der Waals surface area contributed by atoms with Crippen molar-refractivity contribution in [2.45, 2.75) is 18.4 Å². The van der Waals surface area contributed by atoms with Crippen molar-refractivity contribution in [2.75, 3.05) is 11.1 Å². The lowest BCUT2D eigenvalue weighted by atomic mass is 10.1. The van der Waals surface area contributed by atoms with Gasteiger partial charge in [0.2, 0.25) is 0 Å². The van der Waals surface area contributed by atoms with E-state index in [0.29, 0.717) is 12.1 Å². The summed E-state index contributed by atoms with van der Waals surface area (Å²) in [7, 11) is 0. The Balaban J connectivity index is 2.22. The van der Waals surface area contributed by atoms with Gasteiger partial charge in [-0.15, -0.1) is 11.8 Å². The molecule has 0 unspecified atom stereocenters. The van der Waals surface area contributed by atoms with E-state index in [1.54, 1.807) is 17.8 Å². The Hall–Kier alpha value is -1.51. The first kappa shape index (κ1) is 15.9. The number of rotatable bonds is 5. The number of nitriles is 1. The van der Waals surface area contributed by atoms with Crippen molar-refractivity contribution in [3.8, 4) is 6.07 Å². The Morgan fingerprint density at radius 1 is 1.33 bits per heavy atom. The lowest BCUT2D eigenvalue weighted by Gasteiger charge is -2.12. The van der Waals surface area contributed by atoms with E-state index in [1.807, 2.05) is 18.2 Å². The molecule has 0 spiro atoms. The summed E-state index contributed by atoms with van der Waals surface area (Å²) in [5.74, 6) is 0.638. The Kier molecular flexibility index (Phi) is 5.66. The highest BCUT2D eigenvalue weighted by Crippen LogP contribution is 2.28. The smallest absolute Gasteiger partial charge is 0.123 e. The SMILES string of the molecule is CCSc1cccc(NCc2cc(F)ccc2Br)c1C#N. The maximum absolute atomic E-state index is 13.3. The van der Waals surface area contributed by atoms with Crippen LogP contribution < -0.4 is 5.32 Å². The molecule has 0 aromatic heterocycles. The summed E-state index contributed by atoms with van der Waals surface area (Å²) in [6.45, 7) is 2.50. The van der Waals surface area contributed by atoms with Crippen LogP contribution in [-0.4, -0.2) is 5.75 Å². The molecule has 0 saturated carbocycles. The van der Waals surface area contributed by atoms with Crippen LogP contribution in [0.15, 0.2) is 45.8 Å². The number of hydrogen-bond donors (Lipinski definition) is 1. The molecule has 21 heavy (non-hydrogen) atoms. The van der Waals surface area contributed by atoms with Crippen LogP contribution in [-0.2, 0) is 6.54 Å². The van der Waals surface area contributed by atoms with Gasteiger partial charge in [0.05, 0.1) is 11.3 Å². The molecule has 108 valence electrons. The van der Waals surface area contributed by atoms with E-state index in [9.17, 15) is 9.65 Å². The first-order valence-corrected chi connectivity index (χ1v) is 8.27. The van der Waals surface area contributed by atoms with Crippen molar-refractivity contribution in [3.05, 3.63) is 57.8 Å². The van der Waals surface area contributed by atoms with Crippen molar-refractivity contribution in [1.29, 1.82) is 5.26 Å². The largest absolute Gasteiger partial charge is 0.380 e. The molecule has 5 heteroatoms.